The molecule has 4 nitrogen and oxygen atoms in total. The highest BCUT2D eigenvalue weighted by molar-refractivity contribution is 9.10. The van der Waals surface area contributed by atoms with E-state index in [0.29, 0.717) is 27.9 Å². The molecule has 1 amide bonds. The Kier molecular flexibility index (Phi) is 5.36. The first kappa shape index (κ1) is 15.5. The number of rotatable bonds is 5. The Morgan fingerprint density at radius 1 is 1.24 bits per heavy atom. The van der Waals surface area contributed by atoms with Crippen molar-refractivity contribution in [2.75, 3.05) is 19.0 Å². The van der Waals surface area contributed by atoms with E-state index in [9.17, 15) is 4.79 Å². The van der Waals surface area contributed by atoms with Crippen LogP contribution in [0.5, 0.6) is 5.75 Å². The lowest BCUT2D eigenvalue weighted by Crippen LogP contribution is -2.12. The van der Waals surface area contributed by atoms with Crippen molar-refractivity contribution in [1.29, 1.82) is 0 Å². The van der Waals surface area contributed by atoms with Gasteiger partial charge in [-0.2, -0.15) is 0 Å². The van der Waals surface area contributed by atoms with E-state index in [4.69, 9.17) is 9.84 Å². The summed E-state index contributed by atoms with van der Waals surface area (Å²) in [4.78, 5) is 12.3. The summed E-state index contributed by atoms with van der Waals surface area (Å²) in [5.74, 6) is 0.414. The largest absolute Gasteiger partial charge is 0.497 e. The van der Waals surface area contributed by atoms with Crippen molar-refractivity contribution in [2.24, 2.45) is 0 Å². The third-order valence-electron chi connectivity index (χ3n) is 3.03. The first-order valence-corrected chi connectivity index (χ1v) is 7.28. The smallest absolute Gasteiger partial charge is 0.256 e. The van der Waals surface area contributed by atoms with Gasteiger partial charge in [-0.05, 0) is 58.2 Å². The van der Waals surface area contributed by atoms with Crippen molar-refractivity contribution in [3.8, 4) is 5.75 Å². The van der Waals surface area contributed by atoms with Crippen LogP contribution in [0.25, 0.3) is 0 Å². The van der Waals surface area contributed by atoms with Crippen LogP contribution in [0.3, 0.4) is 0 Å². The van der Waals surface area contributed by atoms with E-state index >= 15 is 0 Å². The van der Waals surface area contributed by atoms with E-state index in [1.165, 1.54) is 0 Å². The van der Waals surface area contributed by atoms with Crippen LogP contribution >= 0.6 is 15.9 Å². The maximum atomic E-state index is 12.3. The summed E-state index contributed by atoms with van der Waals surface area (Å²) in [6.07, 6.45) is 0.607. The molecule has 0 fully saturated rings. The van der Waals surface area contributed by atoms with Crippen LogP contribution in [0.4, 0.5) is 5.69 Å². The minimum absolute atomic E-state index is 0.114. The molecule has 21 heavy (non-hydrogen) atoms. The zero-order valence-electron chi connectivity index (χ0n) is 11.6. The van der Waals surface area contributed by atoms with Gasteiger partial charge in [0.1, 0.15) is 5.75 Å². The average molecular weight is 350 g/mol. The van der Waals surface area contributed by atoms with Gasteiger partial charge < -0.3 is 15.2 Å². The Labute approximate surface area is 131 Å². The highest BCUT2D eigenvalue weighted by Crippen LogP contribution is 2.23. The average Bonchev–Trinajstić information content (AvgIpc) is 2.50. The third-order valence-corrected chi connectivity index (χ3v) is 3.72. The molecule has 0 aliphatic carbocycles. The van der Waals surface area contributed by atoms with Crippen molar-refractivity contribution in [2.45, 2.75) is 6.42 Å². The van der Waals surface area contributed by atoms with Crippen LogP contribution < -0.4 is 10.1 Å². The molecule has 0 saturated heterocycles. The number of anilines is 1. The van der Waals surface area contributed by atoms with Gasteiger partial charge in [-0.15, -0.1) is 0 Å². The van der Waals surface area contributed by atoms with Crippen LogP contribution in [-0.4, -0.2) is 24.7 Å². The first-order chi connectivity index (χ1) is 10.1. The molecule has 2 N–H and O–H groups in total. The molecule has 0 radical (unpaired) electrons. The van der Waals surface area contributed by atoms with Gasteiger partial charge in [0.15, 0.2) is 0 Å². The zero-order chi connectivity index (χ0) is 15.2. The van der Waals surface area contributed by atoms with Crippen LogP contribution in [0.1, 0.15) is 15.9 Å². The molecule has 0 heterocycles. The van der Waals surface area contributed by atoms with Gasteiger partial charge in [-0.25, -0.2) is 0 Å². The second-order valence-corrected chi connectivity index (χ2v) is 5.32. The molecule has 0 aliphatic heterocycles. The number of ether oxygens (including phenoxy) is 1. The first-order valence-electron chi connectivity index (χ1n) is 6.48. The summed E-state index contributed by atoms with van der Waals surface area (Å²) in [5, 5.41) is 11.7. The standard InChI is InChI=1S/C16H16BrNO3/c1-21-13-6-7-15(17)14(10-13)16(20)18-12-4-2-11(3-5-12)8-9-19/h2-7,10,19H,8-9H2,1H3,(H,18,20). The molecule has 0 atom stereocenters. The number of hydrogen-bond acceptors (Lipinski definition) is 3. The summed E-state index contributed by atoms with van der Waals surface area (Å²) in [5.41, 5.74) is 2.24. The van der Waals surface area contributed by atoms with Crippen molar-refractivity contribution in [3.63, 3.8) is 0 Å². The van der Waals surface area contributed by atoms with Crippen molar-refractivity contribution >= 4 is 27.5 Å². The Hall–Kier alpha value is -1.85. The number of nitrogens with one attached hydrogen (secondary N) is 1. The number of methoxy groups -OCH3 is 1. The quantitative estimate of drug-likeness (QED) is 0.870. The highest BCUT2D eigenvalue weighted by atomic mass is 79.9. The molecular formula is C16H16BrNO3. The van der Waals surface area contributed by atoms with Gasteiger partial charge in [0, 0.05) is 16.8 Å². The zero-order valence-corrected chi connectivity index (χ0v) is 13.2. The number of amides is 1. The lowest BCUT2D eigenvalue weighted by Gasteiger charge is -2.09. The third kappa shape index (κ3) is 4.06. The fourth-order valence-electron chi connectivity index (χ4n) is 1.89. The van der Waals surface area contributed by atoms with Crippen LogP contribution in [0.15, 0.2) is 46.9 Å². The molecule has 0 aliphatic rings. The molecule has 0 aromatic heterocycles. The van der Waals surface area contributed by atoms with Crippen molar-refractivity contribution in [1.82, 2.24) is 0 Å². The van der Waals surface area contributed by atoms with E-state index < -0.39 is 0 Å². The Morgan fingerprint density at radius 2 is 1.95 bits per heavy atom. The fraction of sp³-hybridized carbons (Fsp3) is 0.188. The summed E-state index contributed by atoms with van der Waals surface area (Å²) < 4.78 is 5.83. The molecule has 2 rings (SSSR count). The molecule has 0 bridgehead atoms. The second kappa shape index (κ2) is 7.24. The Balaban J connectivity index is 2.14. The molecule has 5 heteroatoms. The topological polar surface area (TPSA) is 58.6 Å². The van der Waals surface area contributed by atoms with Gasteiger partial charge in [0.25, 0.3) is 5.91 Å². The minimum Gasteiger partial charge on any atom is -0.497 e. The SMILES string of the molecule is COc1ccc(Br)c(C(=O)Nc2ccc(CCO)cc2)c1. The predicted molar refractivity (Wildman–Crippen MR) is 85.9 cm³/mol. The molecule has 110 valence electrons. The molecular weight excluding hydrogens is 334 g/mol. The van der Waals surface area contributed by atoms with Gasteiger partial charge >= 0.3 is 0 Å². The summed E-state index contributed by atoms with van der Waals surface area (Å²) >= 11 is 3.36. The number of hydrogen-bond donors (Lipinski definition) is 2. The number of halogens is 1. The molecule has 2 aromatic rings. The normalized spacial score (nSPS) is 10.2. The second-order valence-electron chi connectivity index (χ2n) is 4.47. The van der Waals surface area contributed by atoms with Crippen LogP contribution in [0, 0.1) is 0 Å². The van der Waals surface area contributed by atoms with Crippen molar-refractivity contribution in [3.05, 3.63) is 58.1 Å². The van der Waals surface area contributed by atoms with Gasteiger partial charge in [0.2, 0.25) is 0 Å². The highest BCUT2D eigenvalue weighted by Gasteiger charge is 2.11. The lowest BCUT2D eigenvalue weighted by atomic mass is 10.1. The monoisotopic (exact) mass is 349 g/mol. The number of carbonyl (C=O) groups excluding carboxylic acids is 1. The van der Waals surface area contributed by atoms with Gasteiger partial charge in [-0.1, -0.05) is 12.1 Å². The van der Waals surface area contributed by atoms with E-state index in [2.05, 4.69) is 21.2 Å². The Morgan fingerprint density at radius 3 is 2.57 bits per heavy atom. The van der Waals surface area contributed by atoms with Gasteiger partial charge in [-0.3, -0.25) is 4.79 Å². The van der Waals surface area contributed by atoms with Crippen LogP contribution in [-0.2, 0) is 6.42 Å². The molecule has 0 saturated carbocycles. The van der Waals surface area contributed by atoms with E-state index in [1.54, 1.807) is 25.3 Å². The van der Waals surface area contributed by atoms with Crippen molar-refractivity contribution < 1.29 is 14.6 Å². The number of aliphatic hydroxyl groups is 1. The summed E-state index contributed by atoms with van der Waals surface area (Å²) in [7, 11) is 1.56. The summed E-state index contributed by atoms with van der Waals surface area (Å²) in [6.45, 7) is 0.114. The molecule has 0 spiro atoms. The maximum absolute atomic E-state index is 12.3. The number of carbonyl (C=O) groups is 1. The molecule has 2 aromatic carbocycles. The maximum Gasteiger partial charge on any atom is 0.256 e. The number of aliphatic hydroxyl groups excluding tert-OH is 1. The lowest BCUT2D eigenvalue weighted by molar-refractivity contribution is 0.102. The molecule has 0 unspecified atom stereocenters. The fourth-order valence-corrected chi connectivity index (χ4v) is 2.31. The minimum atomic E-state index is -0.212. The van der Waals surface area contributed by atoms with E-state index in [0.717, 1.165) is 5.56 Å². The van der Waals surface area contributed by atoms with Crippen LogP contribution in [0.2, 0.25) is 0 Å². The van der Waals surface area contributed by atoms with E-state index in [-0.39, 0.29) is 12.5 Å². The van der Waals surface area contributed by atoms with E-state index in [1.807, 2.05) is 24.3 Å². The number of benzene rings is 2. The predicted octanol–water partition coefficient (Wildman–Crippen LogP) is 3.24. The Bertz CT molecular complexity index is 626. The van der Waals surface area contributed by atoms with Gasteiger partial charge in [0.05, 0.1) is 12.7 Å². The summed E-state index contributed by atoms with van der Waals surface area (Å²) in [6, 6.07) is 12.6.